The van der Waals surface area contributed by atoms with E-state index >= 15 is 0 Å². The number of carboxylic acids is 1. The number of aliphatic carboxylic acids is 1. The van der Waals surface area contributed by atoms with E-state index in [0.29, 0.717) is 12.2 Å². The zero-order chi connectivity index (χ0) is 17.1. The molecule has 1 rings (SSSR count). The summed E-state index contributed by atoms with van der Waals surface area (Å²) in [6.07, 6.45) is 4.02. The quantitative estimate of drug-likeness (QED) is 0.439. The first-order valence-electron chi connectivity index (χ1n) is 8.29. The molecule has 1 atom stereocenters. The van der Waals surface area contributed by atoms with Crippen molar-refractivity contribution in [1.82, 2.24) is 0 Å². The number of carboxylic acid groups (broad SMARTS) is 1. The average molecular weight is 322 g/mol. The van der Waals surface area contributed by atoms with Gasteiger partial charge in [-0.1, -0.05) is 25.5 Å². The van der Waals surface area contributed by atoms with Gasteiger partial charge < -0.3 is 26.3 Å². The Hall–Kier alpha value is -1.92. The van der Waals surface area contributed by atoms with Gasteiger partial charge in [0, 0.05) is 12.1 Å². The molecule has 23 heavy (non-hydrogen) atoms. The first-order valence-corrected chi connectivity index (χ1v) is 8.29. The highest BCUT2D eigenvalue weighted by atomic mass is 16.4. The summed E-state index contributed by atoms with van der Waals surface area (Å²) in [4.78, 5) is 23.1. The van der Waals surface area contributed by atoms with Gasteiger partial charge in [-0.05, 0) is 30.5 Å². The van der Waals surface area contributed by atoms with Crippen molar-refractivity contribution in [3.8, 4) is 0 Å². The SMILES string of the molecule is CCCCc1ccc(NC(=O)C[C@H]([NH2+]CCC[NH3+])C(=O)[O-])cc1. The standard InChI is InChI=1S/C17H27N3O3/c1-2-3-5-13-6-8-14(9-7-13)20-16(21)12-15(17(22)23)19-11-4-10-18/h6-9,15,19H,2-5,10-12,18H2,1H3,(H,20,21)(H,22,23)/p+1/t15-/m0/s1. The molecule has 0 aliphatic carbocycles. The number of carbonyl (C=O) groups excluding carboxylic acids is 2. The third-order valence-corrected chi connectivity index (χ3v) is 3.67. The van der Waals surface area contributed by atoms with Crippen molar-refractivity contribution in [3.63, 3.8) is 0 Å². The van der Waals surface area contributed by atoms with Gasteiger partial charge in [0.2, 0.25) is 5.91 Å². The Labute approximate surface area is 137 Å². The van der Waals surface area contributed by atoms with Crippen LogP contribution in [0.15, 0.2) is 24.3 Å². The van der Waals surface area contributed by atoms with Crippen LogP contribution in [0.4, 0.5) is 5.69 Å². The molecule has 0 aliphatic heterocycles. The minimum Gasteiger partial charge on any atom is -0.544 e. The number of benzene rings is 1. The molecule has 0 saturated heterocycles. The van der Waals surface area contributed by atoms with Gasteiger partial charge in [-0.25, -0.2) is 0 Å². The van der Waals surface area contributed by atoms with Crippen molar-refractivity contribution < 1.29 is 25.7 Å². The average Bonchev–Trinajstić information content (AvgIpc) is 2.53. The van der Waals surface area contributed by atoms with Crippen LogP contribution in [0.5, 0.6) is 0 Å². The Morgan fingerprint density at radius 1 is 1.26 bits per heavy atom. The summed E-state index contributed by atoms with van der Waals surface area (Å²) < 4.78 is 0. The Balaban J connectivity index is 2.48. The lowest BCUT2D eigenvalue weighted by Gasteiger charge is -2.16. The van der Waals surface area contributed by atoms with Gasteiger partial charge in [-0.2, -0.15) is 0 Å². The second-order valence-corrected chi connectivity index (χ2v) is 5.71. The minimum absolute atomic E-state index is 0.100. The van der Waals surface area contributed by atoms with Gasteiger partial charge in [-0.15, -0.1) is 0 Å². The van der Waals surface area contributed by atoms with Gasteiger partial charge in [0.1, 0.15) is 6.04 Å². The fraction of sp³-hybridized carbons (Fsp3) is 0.529. The largest absolute Gasteiger partial charge is 0.544 e. The van der Waals surface area contributed by atoms with E-state index in [1.165, 1.54) is 5.56 Å². The van der Waals surface area contributed by atoms with E-state index in [0.717, 1.165) is 32.2 Å². The summed E-state index contributed by atoms with van der Waals surface area (Å²) >= 11 is 0. The second-order valence-electron chi connectivity index (χ2n) is 5.71. The highest BCUT2D eigenvalue weighted by Crippen LogP contribution is 2.12. The normalized spacial score (nSPS) is 11.9. The molecular formula is C17H28N3O3+. The molecule has 1 amide bonds. The number of hydrogen-bond donors (Lipinski definition) is 3. The number of nitrogens with two attached hydrogens (primary N) is 1. The van der Waals surface area contributed by atoms with Crippen LogP contribution in [0.25, 0.3) is 0 Å². The van der Waals surface area contributed by atoms with Gasteiger partial charge in [-0.3, -0.25) is 4.79 Å². The molecule has 128 valence electrons. The van der Waals surface area contributed by atoms with E-state index in [-0.39, 0.29) is 12.3 Å². The molecule has 0 saturated carbocycles. The smallest absolute Gasteiger partial charge is 0.230 e. The Bertz CT molecular complexity index is 488. The number of aryl methyl sites for hydroxylation is 1. The van der Waals surface area contributed by atoms with Gasteiger partial charge in [0.05, 0.1) is 25.5 Å². The maximum absolute atomic E-state index is 12.0. The van der Waals surface area contributed by atoms with E-state index in [1.54, 1.807) is 5.32 Å². The number of unbranched alkanes of at least 4 members (excludes halogenated alkanes) is 1. The molecule has 0 aliphatic rings. The minimum atomic E-state index is -1.21. The number of quaternary nitrogens is 2. The summed E-state index contributed by atoms with van der Waals surface area (Å²) in [5, 5.41) is 15.5. The summed E-state index contributed by atoms with van der Waals surface area (Å²) in [5.41, 5.74) is 5.63. The molecule has 6 nitrogen and oxygen atoms in total. The van der Waals surface area contributed by atoms with Gasteiger partial charge in [0.15, 0.2) is 0 Å². The monoisotopic (exact) mass is 322 g/mol. The van der Waals surface area contributed by atoms with Crippen molar-refractivity contribution in [1.29, 1.82) is 0 Å². The summed E-state index contributed by atoms with van der Waals surface area (Å²) in [5.74, 6) is -1.52. The zero-order valence-electron chi connectivity index (χ0n) is 13.8. The lowest BCUT2D eigenvalue weighted by Crippen LogP contribution is -2.93. The predicted molar refractivity (Wildman–Crippen MR) is 86.3 cm³/mol. The predicted octanol–water partition coefficient (Wildman–Crippen LogP) is -1.33. The molecule has 0 unspecified atom stereocenters. The van der Waals surface area contributed by atoms with Crippen LogP contribution in [0.3, 0.4) is 0 Å². The number of hydrogen-bond acceptors (Lipinski definition) is 3. The zero-order valence-corrected chi connectivity index (χ0v) is 13.8. The molecule has 0 heterocycles. The number of anilines is 1. The second kappa shape index (κ2) is 10.7. The van der Waals surface area contributed by atoms with Crippen molar-refractivity contribution in [2.24, 2.45) is 0 Å². The van der Waals surface area contributed by atoms with Crippen LogP contribution in [0.2, 0.25) is 0 Å². The van der Waals surface area contributed by atoms with Crippen molar-refractivity contribution >= 4 is 17.6 Å². The maximum atomic E-state index is 12.0. The fourth-order valence-corrected chi connectivity index (χ4v) is 2.27. The highest BCUT2D eigenvalue weighted by molar-refractivity contribution is 5.93. The highest BCUT2D eigenvalue weighted by Gasteiger charge is 2.18. The van der Waals surface area contributed by atoms with Crippen LogP contribution in [-0.4, -0.2) is 31.0 Å². The molecule has 0 fully saturated rings. The Morgan fingerprint density at radius 2 is 1.96 bits per heavy atom. The van der Waals surface area contributed by atoms with E-state index in [1.807, 2.05) is 24.3 Å². The van der Waals surface area contributed by atoms with E-state index in [4.69, 9.17) is 0 Å². The number of nitrogens with one attached hydrogen (secondary N) is 1. The topological polar surface area (TPSA) is 113 Å². The first kappa shape index (κ1) is 19.1. The van der Waals surface area contributed by atoms with Crippen LogP contribution < -0.4 is 21.5 Å². The molecule has 6 heteroatoms. The van der Waals surface area contributed by atoms with Crippen molar-refractivity contribution in [2.75, 3.05) is 18.4 Å². The third-order valence-electron chi connectivity index (χ3n) is 3.67. The van der Waals surface area contributed by atoms with Crippen molar-refractivity contribution in [2.45, 2.75) is 45.1 Å². The van der Waals surface area contributed by atoms with E-state index in [2.05, 4.69) is 18.0 Å². The lowest BCUT2D eigenvalue weighted by molar-refractivity contribution is -0.684. The van der Waals surface area contributed by atoms with E-state index < -0.39 is 12.0 Å². The summed E-state index contributed by atoms with van der Waals surface area (Å²) in [6, 6.07) is 6.82. The van der Waals surface area contributed by atoms with Crippen molar-refractivity contribution in [3.05, 3.63) is 29.8 Å². The molecule has 6 N–H and O–H groups in total. The maximum Gasteiger partial charge on any atom is 0.230 e. The van der Waals surface area contributed by atoms with Crippen LogP contribution in [0, 0.1) is 0 Å². The van der Waals surface area contributed by atoms with Crippen LogP contribution >= 0.6 is 0 Å². The molecule has 0 bridgehead atoms. The van der Waals surface area contributed by atoms with Gasteiger partial charge >= 0.3 is 0 Å². The third kappa shape index (κ3) is 7.76. The molecule has 1 aromatic carbocycles. The molecular weight excluding hydrogens is 294 g/mol. The molecule has 0 spiro atoms. The molecule has 0 radical (unpaired) electrons. The fourth-order valence-electron chi connectivity index (χ4n) is 2.27. The van der Waals surface area contributed by atoms with E-state index in [9.17, 15) is 14.7 Å². The van der Waals surface area contributed by atoms with Gasteiger partial charge in [0.25, 0.3) is 0 Å². The lowest BCUT2D eigenvalue weighted by atomic mass is 10.1. The Morgan fingerprint density at radius 3 is 2.52 bits per heavy atom. The van der Waals surface area contributed by atoms with Crippen LogP contribution in [-0.2, 0) is 16.0 Å². The summed E-state index contributed by atoms with van der Waals surface area (Å²) in [7, 11) is 0. The number of carbonyl (C=O) groups is 2. The van der Waals surface area contributed by atoms with Crippen LogP contribution in [0.1, 0.15) is 38.2 Å². The number of amides is 1. The molecule has 1 aromatic rings. The summed E-state index contributed by atoms with van der Waals surface area (Å²) in [6.45, 7) is 3.52. The first-order chi connectivity index (χ1) is 11.1. The number of rotatable bonds is 11. The molecule has 0 aromatic heterocycles. The Kier molecular flexibility index (Phi) is 8.94.